The molecule has 6 heteroatoms. The number of rotatable bonds is 5. The third kappa shape index (κ3) is 5.89. The molecule has 0 bridgehead atoms. The second-order valence-electron chi connectivity index (χ2n) is 5.70. The molecule has 0 aromatic heterocycles. The maximum atomic E-state index is 12.0. The standard InChI is InChI=1S/C18H20N2O3S/c1-13-10-14(2)12-17(11-13)19-18(21)9-6-15-4-7-16(8-5-15)20-24(3,22)23/h4-12,20H,1-3H3,(H,19,21)/b9-6+. The molecule has 0 heterocycles. The van der Waals surface area contributed by atoms with E-state index in [-0.39, 0.29) is 5.91 Å². The van der Waals surface area contributed by atoms with E-state index in [1.54, 1.807) is 30.3 Å². The smallest absolute Gasteiger partial charge is 0.248 e. The van der Waals surface area contributed by atoms with E-state index in [2.05, 4.69) is 10.0 Å². The molecule has 0 radical (unpaired) electrons. The lowest BCUT2D eigenvalue weighted by molar-refractivity contribution is -0.111. The van der Waals surface area contributed by atoms with Crippen molar-refractivity contribution in [3.63, 3.8) is 0 Å². The number of benzene rings is 2. The lowest BCUT2D eigenvalue weighted by Gasteiger charge is -2.05. The molecule has 0 unspecified atom stereocenters. The number of anilines is 2. The molecular formula is C18H20N2O3S. The fourth-order valence-electron chi connectivity index (χ4n) is 2.28. The van der Waals surface area contributed by atoms with Gasteiger partial charge in [0.25, 0.3) is 0 Å². The zero-order chi connectivity index (χ0) is 17.7. The molecule has 2 aromatic carbocycles. The van der Waals surface area contributed by atoms with Crippen LogP contribution in [0.3, 0.4) is 0 Å². The van der Waals surface area contributed by atoms with E-state index in [1.165, 1.54) is 6.08 Å². The van der Waals surface area contributed by atoms with Gasteiger partial charge < -0.3 is 5.32 Å². The highest BCUT2D eigenvalue weighted by Gasteiger charge is 2.02. The summed E-state index contributed by atoms with van der Waals surface area (Å²) in [6.45, 7) is 3.95. The van der Waals surface area contributed by atoms with E-state index in [9.17, 15) is 13.2 Å². The van der Waals surface area contributed by atoms with E-state index < -0.39 is 10.0 Å². The first-order chi connectivity index (χ1) is 11.2. The molecule has 0 saturated carbocycles. The summed E-state index contributed by atoms with van der Waals surface area (Å²) in [4.78, 5) is 12.0. The maximum Gasteiger partial charge on any atom is 0.248 e. The molecule has 0 aliphatic rings. The molecule has 24 heavy (non-hydrogen) atoms. The Balaban J connectivity index is 2.00. The van der Waals surface area contributed by atoms with Crippen molar-refractivity contribution in [3.05, 3.63) is 65.2 Å². The van der Waals surface area contributed by atoms with Crippen molar-refractivity contribution < 1.29 is 13.2 Å². The predicted molar refractivity (Wildman–Crippen MR) is 98.5 cm³/mol. The fourth-order valence-corrected chi connectivity index (χ4v) is 2.84. The molecule has 1 amide bonds. The van der Waals surface area contributed by atoms with Crippen LogP contribution in [0, 0.1) is 13.8 Å². The van der Waals surface area contributed by atoms with Gasteiger partial charge in [-0.05, 0) is 60.9 Å². The Morgan fingerprint density at radius 1 is 0.958 bits per heavy atom. The molecule has 2 N–H and O–H groups in total. The predicted octanol–water partition coefficient (Wildman–Crippen LogP) is 3.33. The largest absolute Gasteiger partial charge is 0.322 e. The Bertz CT molecular complexity index is 849. The first-order valence-corrected chi connectivity index (χ1v) is 9.26. The van der Waals surface area contributed by atoms with Crippen LogP contribution in [0.5, 0.6) is 0 Å². The topological polar surface area (TPSA) is 75.3 Å². The molecule has 2 rings (SSSR count). The monoisotopic (exact) mass is 344 g/mol. The van der Waals surface area contributed by atoms with Gasteiger partial charge in [-0.15, -0.1) is 0 Å². The molecular weight excluding hydrogens is 324 g/mol. The number of sulfonamides is 1. The van der Waals surface area contributed by atoms with E-state index in [0.29, 0.717) is 5.69 Å². The molecule has 5 nitrogen and oxygen atoms in total. The van der Waals surface area contributed by atoms with E-state index >= 15 is 0 Å². The lowest BCUT2D eigenvalue weighted by Crippen LogP contribution is -2.09. The van der Waals surface area contributed by atoms with Crippen LogP contribution in [-0.2, 0) is 14.8 Å². The molecule has 0 spiro atoms. The van der Waals surface area contributed by atoms with Gasteiger partial charge in [-0.3, -0.25) is 9.52 Å². The number of aryl methyl sites for hydroxylation is 2. The summed E-state index contributed by atoms with van der Waals surface area (Å²) in [6, 6.07) is 12.6. The van der Waals surface area contributed by atoms with Crippen LogP contribution in [0.2, 0.25) is 0 Å². The van der Waals surface area contributed by atoms with Gasteiger partial charge in [0.15, 0.2) is 0 Å². The number of hydrogen-bond donors (Lipinski definition) is 2. The SMILES string of the molecule is Cc1cc(C)cc(NC(=O)/C=C/c2ccc(NS(C)(=O)=O)cc2)c1. The zero-order valence-electron chi connectivity index (χ0n) is 13.8. The van der Waals surface area contributed by atoms with E-state index in [1.807, 2.05) is 32.0 Å². The highest BCUT2D eigenvalue weighted by molar-refractivity contribution is 7.92. The lowest BCUT2D eigenvalue weighted by atomic mass is 10.1. The average molecular weight is 344 g/mol. The zero-order valence-corrected chi connectivity index (χ0v) is 14.6. The van der Waals surface area contributed by atoms with Crippen LogP contribution in [0.1, 0.15) is 16.7 Å². The number of amides is 1. The van der Waals surface area contributed by atoms with Crippen LogP contribution >= 0.6 is 0 Å². The minimum atomic E-state index is -3.29. The van der Waals surface area contributed by atoms with Gasteiger partial charge in [-0.2, -0.15) is 0 Å². The van der Waals surface area contributed by atoms with Gasteiger partial charge in [0, 0.05) is 17.5 Å². The van der Waals surface area contributed by atoms with Gasteiger partial charge in [0.05, 0.1) is 6.26 Å². The van der Waals surface area contributed by atoms with E-state index in [4.69, 9.17) is 0 Å². The molecule has 2 aromatic rings. The van der Waals surface area contributed by atoms with Gasteiger partial charge in [0.1, 0.15) is 0 Å². The molecule has 0 saturated heterocycles. The number of carbonyl (C=O) groups excluding carboxylic acids is 1. The van der Waals surface area contributed by atoms with Crippen LogP contribution in [0.4, 0.5) is 11.4 Å². The summed E-state index contributed by atoms with van der Waals surface area (Å²) >= 11 is 0. The summed E-state index contributed by atoms with van der Waals surface area (Å²) in [5, 5.41) is 2.82. The Morgan fingerprint density at radius 2 is 1.54 bits per heavy atom. The van der Waals surface area contributed by atoms with Crippen LogP contribution in [0.25, 0.3) is 6.08 Å². The van der Waals surface area contributed by atoms with E-state index in [0.717, 1.165) is 28.6 Å². The van der Waals surface area contributed by atoms with Crippen LogP contribution in [-0.4, -0.2) is 20.6 Å². The Labute approximate surface area is 142 Å². The van der Waals surface area contributed by atoms with Gasteiger partial charge in [-0.1, -0.05) is 18.2 Å². The van der Waals surface area contributed by atoms with Crippen LogP contribution in [0.15, 0.2) is 48.5 Å². The van der Waals surface area contributed by atoms with Crippen molar-refractivity contribution in [3.8, 4) is 0 Å². The molecule has 0 atom stereocenters. The first kappa shape index (κ1) is 17.7. The third-order valence-corrected chi connectivity index (χ3v) is 3.74. The molecule has 0 aliphatic carbocycles. The number of hydrogen-bond acceptors (Lipinski definition) is 3. The van der Waals surface area contributed by atoms with Crippen molar-refractivity contribution >= 4 is 33.4 Å². The second-order valence-corrected chi connectivity index (χ2v) is 7.44. The van der Waals surface area contributed by atoms with Crippen molar-refractivity contribution in [1.82, 2.24) is 0 Å². The quantitative estimate of drug-likeness (QED) is 0.817. The fraction of sp³-hybridized carbons (Fsp3) is 0.167. The Morgan fingerprint density at radius 3 is 2.08 bits per heavy atom. The number of nitrogens with one attached hydrogen (secondary N) is 2. The Hall–Kier alpha value is -2.60. The summed E-state index contributed by atoms with van der Waals surface area (Å²) < 4.78 is 24.7. The molecule has 126 valence electrons. The van der Waals surface area contributed by atoms with Crippen LogP contribution < -0.4 is 10.0 Å². The third-order valence-electron chi connectivity index (χ3n) is 3.13. The second kappa shape index (κ2) is 7.31. The minimum Gasteiger partial charge on any atom is -0.322 e. The van der Waals surface area contributed by atoms with Gasteiger partial charge in [0.2, 0.25) is 15.9 Å². The first-order valence-electron chi connectivity index (χ1n) is 7.36. The summed E-state index contributed by atoms with van der Waals surface area (Å²) in [5.74, 6) is -0.224. The minimum absolute atomic E-state index is 0.224. The normalized spacial score (nSPS) is 11.5. The summed E-state index contributed by atoms with van der Waals surface area (Å²) in [7, 11) is -3.29. The molecule has 0 fully saturated rings. The summed E-state index contributed by atoms with van der Waals surface area (Å²) in [6.07, 6.45) is 4.21. The van der Waals surface area contributed by atoms with Gasteiger partial charge >= 0.3 is 0 Å². The number of carbonyl (C=O) groups is 1. The maximum absolute atomic E-state index is 12.0. The summed E-state index contributed by atoms with van der Waals surface area (Å²) in [5.41, 5.74) is 4.21. The highest BCUT2D eigenvalue weighted by atomic mass is 32.2. The van der Waals surface area contributed by atoms with Gasteiger partial charge in [-0.25, -0.2) is 8.42 Å². The molecule has 0 aliphatic heterocycles. The van der Waals surface area contributed by atoms with Crippen molar-refractivity contribution in [2.75, 3.05) is 16.3 Å². The van der Waals surface area contributed by atoms with Crippen molar-refractivity contribution in [2.45, 2.75) is 13.8 Å². The highest BCUT2D eigenvalue weighted by Crippen LogP contribution is 2.14. The Kier molecular flexibility index (Phi) is 5.41. The van der Waals surface area contributed by atoms with Crippen molar-refractivity contribution in [2.24, 2.45) is 0 Å². The van der Waals surface area contributed by atoms with Crippen molar-refractivity contribution in [1.29, 1.82) is 0 Å². The average Bonchev–Trinajstić information content (AvgIpc) is 2.44.